The Balaban J connectivity index is 0.00000128. The lowest BCUT2D eigenvalue weighted by molar-refractivity contribution is -0.124. The number of hydrogen-bond donors (Lipinski definition) is 3. The highest BCUT2D eigenvalue weighted by molar-refractivity contribution is 6.07. The summed E-state index contributed by atoms with van der Waals surface area (Å²) in [7, 11) is 0. The lowest BCUT2D eigenvalue weighted by Gasteiger charge is -2.20. The van der Waals surface area contributed by atoms with Crippen LogP contribution in [0, 0.1) is 6.92 Å². The molecule has 0 radical (unpaired) electrons. The monoisotopic (exact) mass is 247 g/mol. The zero-order valence-corrected chi connectivity index (χ0v) is 9.13. The minimum Gasteiger partial charge on any atom is -0.327 e. The highest BCUT2D eigenvalue weighted by atomic mass is 35.5. The zero-order valence-electron chi connectivity index (χ0n) is 8.31. The first-order valence-corrected chi connectivity index (χ1v) is 4.23. The number of aromatic nitrogens is 2. The molecule has 1 aromatic heterocycles. The number of nitrogens with zero attached hydrogens (tertiary/aromatic N) is 2. The third-order valence-corrected chi connectivity index (χ3v) is 2.30. The number of rotatable bonds is 2. The molecule has 3 amide bonds. The number of aryl methyl sites for hydroxylation is 1. The van der Waals surface area contributed by atoms with Crippen LogP contribution < -0.4 is 16.4 Å². The summed E-state index contributed by atoms with van der Waals surface area (Å²) in [6.07, 6.45) is 0. The maximum absolute atomic E-state index is 11.6. The maximum atomic E-state index is 11.6. The van der Waals surface area contributed by atoms with Crippen LogP contribution in [0.15, 0.2) is 4.63 Å². The van der Waals surface area contributed by atoms with E-state index in [2.05, 4.69) is 25.6 Å². The van der Waals surface area contributed by atoms with Crippen LogP contribution in [0.25, 0.3) is 0 Å². The van der Waals surface area contributed by atoms with E-state index in [4.69, 9.17) is 5.73 Å². The van der Waals surface area contributed by atoms with Gasteiger partial charge in [0.1, 0.15) is 11.4 Å². The topological polar surface area (TPSA) is 123 Å². The number of halogens is 1. The van der Waals surface area contributed by atoms with Crippen LogP contribution in [-0.2, 0) is 10.3 Å². The molecular weight excluding hydrogens is 238 g/mol. The van der Waals surface area contributed by atoms with Crippen molar-refractivity contribution >= 4 is 24.3 Å². The summed E-state index contributed by atoms with van der Waals surface area (Å²) < 4.78 is 4.48. The van der Waals surface area contributed by atoms with E-state index in [1.165, 1.54) is 0 Å². The normalized spacial score (nSPS) is 23.6. The maximum Gasteiger partial charge on any atom is 0.322 e. The molecule has 0 saturated carbocycles. The van der Waals surface area contributed by atoms with E-state index < -0.39 is 17.5 Å². The van der Waals surface area contributed by atoms with Gasteiger partial charge in [0.05, 0.1) is 0 Å². The predicted octanol–water partition coefficient (Wildman–Crippen LogP) is -1.21. The van der Waals surface area contributed by atoms with Gasteiger partial charge in [-0.15, -0.1) is 12.4 Å². The fourth-order valence-electron chi connectivity index (χ4n) is 1.52. The molecule has 1 fully saturated rings. The Morgan fingerprint density at radius 3 is 2.50 bits per heavy atom. The van der Waals surface area contributed by atoms with Gasteiger partial charge >= 0.3 is 6.03 Å². The molecule has 1 aliphatic heterocycles. The van der Waals surface area contributed by atoms with Crippen molar-refractivity contribution in [2.45, 2.75) is 12.5 Å². The van der Waals surface area contributed by atoms with Gasteiger partial charge in [0.25, 0.3) is 5.91 Å². The highest BCUT2D eigenvalue weighted by Crippen LogP contribution is 2.23. The van der Waals surface area contributed by atoms with Gasteiger partial charge in [0.15, 0.2) is 5.54 Å². The summed E-state index contributed by atoms with van der Waals surface area (Å²) in [5, 5.41) is 11.6. The number of carbonyl (C=O) groups is 2. The Labute approximate surface area is 96.3 Å². The summed E-state index contributed by atoms with van der Waals surface area (Å²) in [6.45, 7) is 1.50. The van der Waals surface area contributed by atoms with Gasteiger partial charge in [0.2, 0.25) is 0 Å². The second kappa shape index (κ2) is 4.06. The zero-order chi connectivity index (χ0) is 11.1. The molecule has 0 spiro atoms. The molecule has 88 valence electrons. The average Bonchev–Trinajstić information content (AvgIpc) is 2.71. The molecule has 2 rings (SSSR count). The Hall–Kier alpha value is -1.67. The van der Waals surface area contributed by atoms with Gasteiger partial charge in [-0.05, 0) is 6.92 Å². The largest absolute Gasteiger partial charge is 0.327 e. The molecule has 1 saturated heterocycles. The van der Waals surface area contributed by atoms with Crippen LogP contribution in [0.2, 0.25) is 0 Å². The van der Waals surface area contributed by atoms with Crippen molar-refractivity contribution in [1.29, 1.82) is 0 Å². The standard InChI is InChI=1S/C7H9N5O3.ClH/c1-3-4(12-15-11-3)7(2-8)5(13)9-6(14)10-7;/h2,8H2,1H3,(H2,9,10,13,14);1H. The van der Waals surface area contributed by atoms with Crippen LogP contribution in [0.3, 0.4) is 0 Å². The number of carbonyl (C=O) groups excluding carboxylic acids is 2. The number of nitrogens with two attached hydrogens (primary N) is 1. The minimum atomic E-state index is -1.36. The molecule has 8 nitrogen and oxygen atoms in total. The molecule has 2 heterocycles. The van der Waals surface area contributed by atoms with Crippen LogP contribution in [-0.4, -0.2) is 28.8 Å². The Morgan fingerprint density at radius 1 is 1.44 bits per heavy atom. The lowest BCUT2D eigenvalue weighted by atomic mass is 9.94. The number of imide groups is 1. The molecule has 0 bridgehead atoms. The molecule has 0 aliphatic carbocycles. The molecule has 16 heavy (non-hydrogen) atoms. The first-order valence-electron chi connectivity index (χ1n) is 4.23. The van der Waals surface area contributed by atoms with E-state index in [9.17, 15) is 9.59 Å². The van der Waals surface area contributed by atoms with Crippen LogP contribution in [0.5, 0.6) is 0 Å². The predicted molar refractivity (Wildman–Crippen MR) is 53.7 cm³/mol. The minimum absolute atomic E-state index is 0. The van der Waals surface area contributed by atoms with Crippen molar-refractivity contribution in [2.24, 2.45) is 5.73 Å². The SMILES string of the molecule is Cc1nonc1C1(CN)NC(=O)NC1=O.Cl. The van der Waals surface area contributed by atoms with E-state index in [1.54, 1.807) is 6.92 Å². The Bertz CT molecular complexity index is 433. The molecule has 1 aliphatic rings. The summed E-state index contributed by atoms with van der Waals surface area (Å²) in [5.41, 5.74) is 4.78. The first-order chi connectivity index (χ1) is 7.10. The van der Waals surface area contributed by atoms with Crippen molar-refractivity contribution < 1.29 is 14.2 Å². The van der Waals surface area contributed by atoms with E-state index in [-0.39, 0.29) is 24.6 Å². The van der Waals surface area contributed by atoms with Gasteiger partial charge in [-0.1, -0.05) is 10.3 Å². The summed E-state index contributed by atoms with van der Waals surface area (Å²) in [4.78, 5) is 22.7. The second-order valence-electron chi connectivity index (χ2n) is 3.22. The van der Waals surface area contributed by atoms with Crippen molar-refractivity contribution in [3.8, 4) is 0 Å². The highest BCUT2D eigenvalue weighted by Gasteiger charge is 2.50. The molecule has 9 heteroatoms. The smallest absolute Gasteiger partial charge is 0.322 e. The molecular formula is C7H10ClN5O3. The van der Waals surface area contributed by atoms with Crippen molar-refractivity contribution in [3.05, 3.63) is 11.4 Å². The van der Waals surface area contributed by atoms with Crippen molar-refractivity contribution in [2.75, 3.05) is 6.54 Å². The Morgan fingerprint density at radius 2 is 2.12 bits per heavy atom. The third-order valence-electron chi connectivity index (χ3n) is 2.30. The first kappa shape index (κ1) is 12.4. The van der Waals surface area contributed by atoms with Gasteiger partial charge < -0.3 is 11.1 Å². The third kappa shape index (κ3) is 1.51. The van der Waals surface area contributed by atoms with Gasteiger partial charge in [0, 0.05) is 6.54 Å². The summed E-state index contributed by atoms with van der Waals surface area (Å²) >= 11 is 0. The second-order valence-corrected chi connectivity index (χ2v) is 3.22. The van der Waals surface area contributed by atoms with Crippen LogP contribution in [0.4, 0.5) is 4.79 Å². The fourth-order valence-corrected chi connectivity index (χ4v) is 1.52. The molecule has 0 aromatic carbocycles. The van der Waals surface area contributed by atoms with Crippen molar-refractivity contribution in [3.63, 3.8) is 0 Å². The Kier molecular flexibility index (Phi) is 3.15. The summed E-state index contributed by atoms with van der Waals surface area (Å²) in [6, 6.07) is -0.604. The van der Waals surface area contributed by atoms with Gasteiger partial charge in [-0.3, -0.25) is 10.1 Å². The molecule has 1 unspecified atom stereocenters. The number of amides is 3. The number of hydrogen-bond acceptors (Lipinski definition) is 6. The summed E-state index contributed by atoms with van der Waals surface area (Å²) in [5.74, 6) is -0.547. The molecule has 1 aromatic rings. The van der Waals surface area contributed by atoms with Gasteiger partial charge in [-0.2, -0.15) is 0 Å². The van der Waals surface area contributed by atoms with Crippen LogP contribution in [0.1, 0.15) is 11.4 Å². The number of nitrogens with one attached hydrogen (secondary N) is 2. The lowest BCUT2D eigenvalue weighted by Crippen LogP contribution is -2.50. The van der Waals surface area contributed by atoms with Gasteiger partial charge in [-0.25, -0.2) is 9.42 Å². The van der Waals surface area contributed by atoms with Crippen molar-refractivity contribution in [1.82, 2.24) is 20.9 Å². The quantitative estimate of drug-likeness (QED) is 0.564. The molecule has 4 N–H and O–H groups in total. The van der Waals surface area contributed by atoms with E-state index in [0.29, 0.717) is 5.69 Å². The van der Waals surface area contributed by atoms with E-state index in [0.717, 1.165) is 0 Å². The fraction of sp³-hybridized carbons (Fsp3) is 0.429. The average molecular weight is 248 g/mol. The van der Waals surface area contributed by atoms with Crippen LogP contribution >= 0.6 is 12.4 Å². The van der Waals surface area contributed by atoms with E-state index >= 15 is 0 Å². The molecule has 1 atom stereocenters. The number of urea groups is 1. The van der Waals surface area contributed by atoms with E-state index in [1.807, 2.05) is 0 Å².